The summed E-state index contributed by atoms with van der Waals surface area (Å²) >= 11 is 0. The van der Waals surface area contributed by atoms with Crippen molar-refractivity contribution in [3.8, 4) is 0 Å². The number of carboxylic acid groups (broad SMARTS) is 1. The van der Waals surface area contributed by atoms with Crippen LogP contribution in [0.5, 0.6) is 0 Å². The number of carboxylic acids is 1. The second-order valence-corrected chi connectivity index (χ2v) is 5.71. The molecule has 116 valence electrons. The molecule has 0 saturated carbocycles. The highest BCUT2D eigenvalue weighted by Gasteiger charge is 2.28. The van der Waals surface area contributed by atoms with Crippen molar-refractivity contribution in [2.75, 3.05) is 5.32 Å². The van der Waals surface area contributed by atoms with Crippen molar-refractivity contribution in [2.24, 2.45) is 5.41 Å². The zero-order valence-corrected chi connectivity index (χ0v) is 12.0. The Bertz CT molecular complexity index is 521. The van der Waals surface area contributed by atoms with Crippen LogP contribution < -0.4 is 10.6 Å². The summed E-state index contributed by atoms with van der Waals surface area (Å²) in [7, 11) is 0. The van der Waals surface area contributed by atoms with E-state index in [1.165, 1.54) is 6.07 Å². The van der Waals surface area contributed by atoms with Gasteiger partial charge in [-0.05, 0) is 17.5 Å². The highest BCUT2D eigenvalue weighted by Crippen LogP contribution is 2.23. The third-order valence-electron chi connectivity index (χ3n) is 2.93. The number of para-hydroxylation sites is 1. The van der Waals surface area contributed by atoms with Crippen molar-refractivity contribution in [2.45, 2.75) is 33.2 Å². The van der Waals surface area contributed by atoms with Crippen LogP contribution in [-0.2, 0) is 4.79 Å². The number of hydrogen-bond acceptors (Lipinski definition) is 2. The summed E-state index contributed by atoms with van der Waals surface area (Å²) in [6.45, 7) is 5.26. The summed E-state index contributed by atoms with van der Waals surface area (Å²) in [5, 5.41) is 13.3. The standard InChI is InChI=1S/C14H18F2N2O3/c1-14(2,3)10(7-11(19)20)17-13(21)18-12-8(15)5-4-6-9(12)16/h4-6,10H,7H2,1-3H3,(H,19,20)(H2,17,18,21). The first-order valence-electron chi connectivity index (χ1n) is 6.34. The number of halogens is 2. The minimum atomic E-state index is -1.08. The van der Waals surface area contributed by atoms with Crippen molar-refractivity contribution in [3.05, 3.63) is 29.8 Å². The summed E-state index contributed by atoms with van der Waals surface area (Å²) < 4.78 is 26.8. The van der Waals surface area contributed by atoms with Gasteiger partial charge < -0.3 is 15.7 Å². The zero-order chi connectivity index (χ0) is 16.2. The number of aliphatic carboxylic acids is 1. The highest BCUT2D eigenvalue weighted by atomic mass is 19.1. The van der Waals surface area contributed by atoms with E-state index < -0.39 is 40.8 Å². The number of anilines is 1. The molecule has 0 heterocycles. The van der Waals surface area contributed by atoms with Gasteiger partial charge in [0.15, 0.2) is 0 Å². The van der Waals surface area contributed by atoms with Gasteiger partial charge in [0.1, 0.15) is 17.3 Å². The summed E-state index contributed by atoms with van der Waals surface area (Å²) in [5.41, 5.74) is -1.10. The number of hydrogen-bond donors (Lipinski definition) is 3. The molecular weight excluding hydrogens is 282 g/mol. The average Bonchev–Trinajstić information content (AvgIpc) is 2.31. The normalized spacial score (nSPS) is 12.6. The van der Waals surface area contributed by atoms with E-state index in [0.29, 0.717) is 0 Å². The number of rotatable bonds is 4. The summed E-state index contributed by atoms with van der Waals surface area (Å²) in [5.74, 6) is -2.89. The SMILES string of the molecule is CC(C)(C)C(CC(=O)O)NC(=O)Nc1c(F)cccc1F. The van der Waals surface area contributed by atoms with Crippen LogP contribution in [-0.4, -0.2) is 23.1 Å². The lowest BCUT2D eigenvalue weighted by molar-refractivity contribution is -0.138. The van der Waals surface area contributed by atoms with Crippen molar-refractivity contribution in [1.29, 1.82) is 0 Å². The van der Waals surface area contributed by atoms with Gasteiger partial charge in [0.2, 0.25) is 0 Å². The fraction of sp³-hybridized carbons (Fsp3) is 0.429. The molecule has 0 spiro atoms. The number of carbonyl (C=O) groups is 2. The summed E-state index contributed by atoms with van der Waals surface area (Å²) in [6.07, 6.45) is -0.295. The Kier molecular flexibility index (Phi) is 5.23. The van der Waals surface area contributed by atoms with Crippen LogP contribution in [0.4, 0.5) is 19.3 Å². The highest BCUT2D eigenvalue weighted by molar-refractivity contribution is 5.90. The molecule has 1 rings (SSSR count). The zero-order valence-electron chi connectivity index (χ0n) is 12.0. The maximum Gasteiger partial charge on any atom is 0.319 e. The fourth-order valence-electron chi connectivity index (χ4n) is 1.67. The van der Waals surface area contributed by atoms with E-state index in [-0.39, 0.29) is 6.42 Å². The Morgan fingerprint density at radius 1 is 1.24 bits per heavy atom. The van der Waals surface area contributed by atoms with Crippen molar-refractivity contribution < 1.29 is 23.5 Å². The smallest absolute Gasteiger partial charge is 0.319 e. The van der Waals surface area contributed by atoms with E-state index in [4.69, 9.17) is 5.11 Å². The lowest BCUT2D eigenvalue weighted by Crippen LogP contribution is -2.46. The molecule has 0 aliphatic carbocycles. The van der Waals surface area contributed by atoms with Crippen LogP contribution in [0, 0.1) is 17.0 Å². The van der Waals surface area contributed by atoms with E-state index >= 15 is 0 Å². The molecule has 0 aliphatic heterocycles. The van der Waals surface area contributed by atoms with Crippen LogP contribution in [0.1, 0.15) is 27.2 Å². The molecule has 0 saturated heterocycles. The molecule has 2 amide bonds. The van der Waals surface area contributed by atoms with Crippen LogP contribution in [0.3, 0.4) is 0 Å². The van der Waals surface area contributed by atoms with Gasteiger partial charge in [-0.2, -0.15) is 0 Å². The second-order valence-electron chi connectivity index (χ2n) is 5.71. The van der Waals surface area contributed by atoms with E-state index in [0.717, 1.165) is 12.1 Å². The van der Waals surface area contributed by atoms with Crippen LogP contribution in [0.25, 0.3) is 0 Å². The molecule has 21 heavy (non-hydrogen) atoms. The van der Waals surface area contributed by atoms with Crippen LogP contribution in [0.15, 0.2) is 18.2 Å². The maximum absolute atomic E-state index is 13.4. The van der Waals surface area contributed by atoms with Gasteiger partial charge in [-0.1, -0.05) is 26.8 Å². The molecule has 0 bridgehead atoms. The first-order valence-corrected chi connectivity index (χ1v) is 6.34. The van der Waals surface area contributed by atoms with Gasteiger partial charge in [0, 0.05) is 6.04 Å². The average molecular weight is 300 g/mol. The number of carbonyl (C=O) groups excluding carboxylic acids is 1. The van der Waals surface area contributed by atoms with Gasteiger partial charge in [-0.3, -0.25) is 4.79 Å². The Labute approximate surface area is 121 Å². The Hall–Kier alpha value is -2.18. The molecule has 7 heteroatoms. The van der Waals surface area contributed by atoms with E-state index in [1.54, 1.807) is 20.8 Å². The number of amides is 2. The molecule has 1 aromatic rings. The Balaban J connectivity index is 2.81. The lowest BCUT2D eigenvalue weighted by atomic mass is 9.85. The molecule has 3 N–H and O–H groups in total. The molecule has 1 atom stereocenters. The van der Waals surface area contributed by atoms with Gasteiger partial charge in [0.05, 0.1) is 6.42 Å². The fourth-order valence-corrected chi connectivity index (χ4v) is 1.67. The molecule has 5 nitrogen and oxygen atoms in total. The Morgan fingerprint density at radius 3 is 2.19 bits per heavy atom. The Morgan fingerprint density at radius 2 is 1.76 bits per heavy atom. The quantitative estimate of drug-likeness (QED) is 0.800. The van der Waals surface area contributed by atoms with Gasteiger partial charge in [-0.25, -0.2) is 13.6 Å². The van der Waals surface area contributed by atoms with Crippen molar-refractivity contribution >= 4 is 17.7 Å². The summed E-state index contributed by atoms with van der Waals surface area (Å²) in [6, 6.07) is 1.65. The van der Waals surface area contributed by atoms with Crippen molar-refractivity contribution in [3.63, 3.8) is 0 Å². The second kappa shape index (κ2) is 6.51. The molecule has 0 radical (unpaired) electrons. The maximum atomic E-state index is 13.4. The molecular formula is C14H18F2N2O3. The van der Waals surface area contributed by atoms with Crippen LogP contribution >= 0.6 is 0 Å². The minimum absolute atomic E-state index is 0.295. The molecule has 0 aromatic heterocycles. The number of urea groups is 1. The first-order chi connectivity index (χ1) is 9.61. The first kappa shape index (κ1) is 16.9. The predicted octanol–water partition coefficient (Wildman–Crippen LogP) is 2.98. The molecule has 0 fully saturated rings. The third kappa shape index (κ3) is 5.02. The van der Waals surface area contributed by atoms with E-state index in [9.17, 15) is 18.4 Å². The predicted molar refractivity (Wildman–Crippen MR) is 74.0 cm³/mol. The van der Waals surface area contributed by atoms with Gasteiger partial charge >= 0.3 is 12.0 Å². The van der Waals surface area contributed by atoms with Crippen LogP contribution in [0.2, 0.25) is 0 Å². The van der Waals surface area contributed by atoms with Gasteiger partial charge in [0.25, 0.3) is 0 Å². The molecule has 1 unspecified atom stereocenters. The number of benzene rings is 1. The summed E-state index contributed by atoms with van der Waals surface area (Å²) in [4.78, 5) is 22.6. The van der Waals surface area contributed by atoms with Crippen molar-refractivity contribution in [1.82, 2.24) is 5.32 Å². The topological polar surface area (TPSA) is 78.4 Å². The monoisotopic (exact) mass is 300 g/mol. The minimum Gasteiger partial charge on any atom is -0.481 e. The largest absolute Gasteiger partial charge is 0.481 e. The van der Waals surface area contributed by atoms with E-state index in [1.807, 2.05) is 0 Å². The van der Waals surface area contributed by atoms with Gasteiger partial charge in [-0.15, -0.1) is 0 Å². The molecule has 0 aliphatic rings. The number of nitrogens with one attached hydrogen (secondary N) is 2. The van der Waals surface area contributed by atoms with E-state index in [2.05, 4.69) is 10.6 Å². The molecule has 1 aromatic carbocycles. The lowest BCUT2D eigenvalue weighted by Gasteiger charge is -2.30. The third-order valence-corrected chi connectivity index (χ3v) is 2.93.